The maximum atomic E-state index is 13.3. The number of hydrogen-bond donors (Lipinski definition) is 4. The first-order chi connectivity index (χ1) is 17.0. The van der Waals surface area contributed by atoms with Gasteiger partial charge in [-0.1, -0.05) is 43.0 Å². The maximum Gasteiger partial charge on any atom is 0.404 e. The predicted molar refractivity (Wildman–Crippen MR) is 136 cm³/mol. The van der Waals surface area contributed by atoms with Crippen molar-refractivity contribution >= 4 is 23.7 Å². The summed E-state index contributed by atoms with van der Waals surface area (Å²) in [6.07, 6.45) is 6.89. The van der Waals surface area contributed by atoms with Crippen LogP contribution in [-0.4, -0.2) is 67.5 Å². The van der Waals surface area contributed by atoms with Gasteiger partial charge in [0.1, 0.15) is 0 Å². The summed E-state index contributed by atoms with van der Waals surface area (Å²) in [5.41, 5.74) is 0.956. The minimum absolute atomic E-state index is 0.0133. The number of nitrogens with one attached hydrogen (secondary N) is 3. The van der Waals surface area contributed by atoms with Gasteiger partial charge in [-0.05, 0) is 61.8 Å². The van der Waals surface area contributed by atoms with Gasteiger partial charge >= 0.3 is 12.1 Å². The number of carbonyl (C=O) groups excluding carboxylic acids is 1. The molecular formula is C26H39ClN4O4. The van der Waals surface area contributed by atoms with Gasteiger partial charge in [-0.2, -0.15) is 0 Å². The minimum atomic E-state index is -1.07. The summed E-state index contributed by atoms with van der Waals surface area (Å²) in [7, 11) is 0. The molecular weight excluding hydrogens is 468 g/mol. The molecule has 2 aliphatic heterocycles. The molecule has 3 fully saturated rings. The van der Waals surface area contributed by atoms with Crippen LogP contribution in [-0.2, 0) is 4.74 Å². The van der Waals surface area contributed by atoms with Crippen LogP contribution >= 0.6 is 11.6 Å². The van der Waals surface area contributed by atoms with Crippen LogP contribution in [0.5, 0.6) is 0 Å². The highest BCUT2D eigenvalue weighted by molar-refractivity contribution is 6.30. The zero-order valence-electron chi connectivity index (χ0n) is 20.4. The molecule has 9 heteroatoms. The fraction of sp³-hybridized carbons (Fsp3) is 0.692. The van der Waals surface area contributed by atoms with Crippen molar-refractivity contribution in [3.63, 3.8) is 0 Å². The van der Waals surface area contributed by atoms with E-state index in [0.29, 0.717) is 17.5 Å². The monoisotopic (exact) mass is 506 g/mol. The van der Waals surface area contributed by atoms with Crippen LogP contribution < -0.4 is 16.0 Å². The zero-order valence-corrected chi connectivity index (χ0v) is 21.1. The highest BCUT2D eigenvalue weighted by atomic mass is 35.5. The topological polar surface area (TPSA) is 103 Å². The van der Waals surface area contributed by atoms with Crippen molar-refractivity contribution in [3.05, 3.63) is 34.9 Å². The van der Waals surface area contributed by atoms with Gasteiger partial charge in [0.25, 0.3) is 0 Å². The molecule has 35 heavy (non-hydrogen) atoms. The quantitative estimate of drug-likeness (QED) is 0.375. The molecule has 2 heterocycles. The standard InChI is InChI=1S/C26H39ClN4O4/c27-22-8-2-6-20(15-22)24(35-13-11-29-26(33)34)21-7-3-12-31(17-21)25(32)30-23-16-28-10-9-19(23)14-18-4-1-5-18/h2,6,8,15,18-19,21,23-24,28-29H,1,3-5,7,9-14,16-17H2,(H,30,32)(H,33,34)/t19-,21+,23+,24-/m0/s1. The normalized spacial score (nSPS) is 26.0. The number of hydrogen-bond acceptors (Lipinski definition) is 4. The summed E-state index contributed by atoms with van der Waals surface area (Å²) >= 11 is 6.26. The van der Waals surface area contributed by atoms with E-state index in [-0.39, 0.29) is 37.2 Å². The zero-order chi connectivity index (χ0) is 24.6. The minimum Gasteiger partial charge on any atom is -0.465 e. The molecule has 0 radical (unpaired) electrons. The van der Waals surface area contributed by atoms with Gasteiger partial charge in [-0.3, -0.25) is 0 Å². The average Bonchev–Trinajstić information content (AvgIpc) is 2.82. The molecule has 194 valence electrons. The van der Waals surface area contributed by atoms with Gasteiger partial charge in [-0.25, -0.2) is 9.59 Å². The average molecular weight is 507 g/mol. The lowest BCUT2D eigenvalue weighted by atomic mass is 9.75. The number of halogens is 1. The first kappa shape index (κ1) is 26.0. The van der Waals surface area contributed by atoms with Crippen LogP contribution in [0.4, 0.5) is 9.59 Å². The molecule has 0 bridgehead atoms. The van der Waals surface area contributed by atoms with Gasteiger partial charge in [0.15, 0.2) is 0 Å². The number of carboxylic acid groups (broad SMARTS) is 1. The first-order valence-electron chi connectivity index (χ1n) is 13.1. The SMILES string of the molecule is O=C(O)NCCO[C@@H](c1cccc(Cl)c1)[C@@H]1CCCN(C(=O)N[C@@H]2CNCC[C@H]2CC2CCC2)C1. The Hall–Kier alpha value is -2.03. The van der Waals surface area contributed by atoms with E-state index in [9.17, 15) is 9.59 Å². The molecule has 3 aliphatic rings. The number of nitrogens with zero attached hydrogens (tertiary/aromatic N) is 1. The number of likely N-dealkylation sites (tertiary alicyclic amines) is 1. The lowest BCUT2D eigenvalue weighted by Gasteiger charge is -2.40. The van der Waals surface area contributed by atoms with E-state index < -0.39 is 6.09 Å². The van der Waals surface area contributed by atoms with Crippen molar-refractivity contribution in [2.45, 2.75) is 57.1 Å². The molecule has 1 aromatic rings. The fourth-order valence-electron chi connectivity index (χ4n) is 5.74. The van der Waals surface area contributed by atoms with E-state index in [1.54, 1.807) is 0 Å². The summed E-state index contributed by atoms with van der Waals surface area (Å²) in [6, 6.07) is 7.80. The van der Waals surface area contributed by atoms with Crippen molar-refractivity contribution in [2.75, 3.05) is 39.3 Å². The second-order valence-corrected chi connectivity index (χ2v) is 10.7. The third-order valence-electron chi connectivity index (χ3n) is 7.82. The third kappa shape index (κ3) is 7.48. The number of benzene rings is 1. The van der Waals surface area contributed by atoms with E-state index in [2.05, 4.69) is 16.0 Å². The van der Waals surface area contributed by atoms with Crippen LogP contribution in [0, 0.1) is 17.8 Å². The Balaban J connectivity index is 1.37. The smallest absolute Gasteiger partial charge is 0.404 e. The van der Waals surface area contributed by atoms with E-state index >= 15 is 0 Å². The molecule has 4 atom stereocenters. The van der Waals surface area contributed by atoms with Crippen LogP contribution in [0.3, 0.4) is 0 Å². The van der Waals surface area contributed by atoms with Gasteiger partial charge in [0.2, 0.25) is 0 Å². The second kappa shape index (κ2) is 12.8. The van der Waals surface area contributed by atoms with Gasteiger partial charge in [0.05, 0.1) is 12.7 Å². The Morgan fingerprint density at radius 1 is 1.23 bits per heavy atom. The summed E-state index contributed by atoms with van der Waals surface area (Å²) in [5.74, 6) is 1.49. The van der Waals surface area contributed by atoms with Gasteiger partial charge in [0, 0.05) is 43.2 Å². The third-order valence-corrected chi connectivity index (χ3v) is 8.06. The van der Waals surface area contributed by atoms with Crippen molar-refractivity contribution in [2.24, 2.45) is 17.8 Å². The number of ether oxygens (including phenoxy) is 1. The molecule has 0 spiro atoms. The highest BCUT2D eigenvalue weighted by Crippen LogP contribution is 2.36. The lowest BCUT2D eigenvalue weighted by molar-refractivity contribution is -0.00866. The van der Waals surface area contributed by atoms with Gasteiger partial charge < -0.3 is 30.7 Å². The Kier molecular flexibility index (Phi) is 9.52. The summed E-state index contributed by atoms with van der Waals surface area (Å²) in [5, 5.41) is 18.6. The number of rotatable bonds is 9. The molecule has 1 saturated carbocycles. The van der Waals surface area contributed by atoms with E-state index in [1.807, 2.05) is 29.2 Å². The van der Waals surface area contributed by atoms with Crippen molar-refractivity contribution in [3.8, 4) is 0 Å². The second-order valence-electron chi connectivity index (χ2n) is 10.3. The van der Waals surface area contributed by atoms with E-state index in [4.69, 9.17) is 21.4 Å². The van der Waals surface area contributed by atoms with Crippen LogP contribution in [0.1, 0.15) is 56.6 Å². The highest BCUT2D eigenvalue weighted by Gasteiger charge is 2.34. The van der Waals surface area contributed by atoms with Crippen molar-refractivity contribution in [1.29, 1.82) is 0 Å². The Labute approximate surface area is 213 Å². The van der Waals surface area contributed by atoms with Crippen molar-refractivity contribution in [1.82, 2.24) is 20.9 Å². The van der Waals surface area contributed by atoms with Gasteiger partial charge in [-0.15, -0.1) is 0 Å². The summed E-state index contributed by atoms with van der Waals surface area (Å²) in [6.45, 7) is 3.67. The van der Waals surface area contributed by atoms with E-state index in [1.165, 1.54) is 25.7 Å². The molecule has 3 amide bonds. The number of piperidine rings is 2. The summed E-state index contributed by atoms with van der Waals surface area (Å²) < 4.78 is 6.18. The largest absolute Gasteiger partial charge is 0.465 e. The Morgan fingerprint density at radius 3 is 2.83 bits per heavy atom. The molecule has 2 saturated heterocycles. The molecule has 4 rings (SSSR count). The maximum absolute atomic E-state index is 13.3. The van der Waals surface area contributed by atoms with Crippen LogP contribution in [0.15, 0.2) is 24.3 Å². The Morgan fingerprint density at radius 2 is 2.09 bits per heavy atom. The molecule has 0 aromatic heterocycles. The van der Waals surface area contributed by atoms with Crippen LogP contribution in [0.2, 0.25) is 5.02 Å². The number of carbonyl (C=O) groups is 2. The first-order valence-corrected chi connectivity index (χ1v) is 13.5. The number of urea groups is 1. The molecule has 0 unspecified atom stereocenters. The summed E-state index contributed by atoms with van der Waals surface area (Å²) in [4.78, 5) is 26.1. The fourth-order valence-corrected chi connectivity index (χ4v) is 5.94. The van der Waals surface area contributed by atoms with Crippen LogP contribution in [0.25, 0.3) is 0 Å². The predicted octanol–water partition coefficient (Wildman–Crippen LogP) is 4.26. The molecule has 1 aromatic carbocycles. The molecule has 4 N–H and O–H groups in total. The lowest BCUT2D eigenvalue weighted by Crippen LogP contribution is -2.56. The number of amides is 3. The van der Waals surface area contributed by atoms with Crippen molar-refractivity contribution < 1.29 is 19.4 Å². The molecule has 1 aliphatic carbocycles. The van der Waals surface area contributed by atoms with E-state index in [0.717, 1.165) is 50.4 Å². The Bertz CT molecular complexity index is 852. The molecule has 8 nitrogen and oxygen atoms in total.